The summed E-state index contributed by atoms with van der Waals surface area (Å²) in [6, 6.07) is 25.6. The molecule has 0 aliphatic heterocycles. The minimum atomic E-state index is -0.972. The third-order valence-corrected chi connectivity index (χ3v) is 6.50. The molecule has 1 atom stereocenters. The van der Waals surface area contributed by atoms with Gasteiger partial charge in [0.2, 0.25) is 12.3 Å². The molecular formula is C31H36N2O6. The Morgan fingerprint density at radius 2 is 1.41 bits per heavy atom. The molecule has 0 fully saturated rings. The van der Waals surface area contributed by atoms with Crippen molar-refractivity contribution in [1.29, 1.82) is 0 Å². The minimum absolute atomic E-state index is 0.231. The topological polar surface area (TPSA) is 86.3 Å². The molecule has 1 unspecified atom stereocenters. The molecule has 8 nitrogen and oxygen atoms in total. The summed E-state index contributed by atoms with van der Waals surface area (Å²) in [5, 5.41) is 2.49. The SMILES string of the molecule is CNC(=O)/C=C\N(C=O)CCC(COC(c1ccccc1)(c1ccc(OC)cc1)c1ccc(OC)cc1)OC. The maximum Gasteiger partial charge on any atom is 0.245 e. The number of hydrogen-bond acceptors (Lipinski definition) is 6. The second-order valence-electron chi connectivity index (χ2n) is 8.73. The van der Waals surface area contributed by atoms with E-state index in [-0.39, 0.29) is 18.6 Å². The van der Waals surface area contributed by atoms with Gasteiger partial charge in [-0.15, -0.1) is 0 Å². The lowest BCUT2D eigenvalue weighted by Crippen LogP contribution is -2.37. The average Bonchev–Trinajstić information content (AvgIpc) is 3.01. The Bertz CT molecular complexity index is 1150. The highest BCUT2D eigenvalue weighted by molar-refractivity contribution is 5.87. The zero-order valence-corrected chi connectivity index (χ0v) is 22.8. The summed E-state index contributed by atoms with van der Waals surface area (Å²) >= 11 is 0. The lowest BCUT2D eigenvalue weighted by Gasteiger charge is -2.37. The lowest BCUT2D eigenvalue weighted by molar-refractivity contribution is -0.116. The van der Waals surface area contributed by atoms with Crippen molar-refractivity contribution in [2.24, 2.45) is 0 Å². The number of amides is 2. The van der Waals surface area contributed by atoms with E-state index in [1.807, 2.05) is 78.9 Å². The Hall–Kier alpha value is -4.14. The summed E-state index contributed by atoms with van der Waals surface area (Å²) < 4.78 is 23.4. The first-order valence-corrected chi connectivity index (χ1v) is 12.6. The molecule has 2 amide bonds. The van der Waals surface area contributed by atoms with E-state index in [9.17, 15) is 9.59 Å². The Balaban J connectivity index is 1.97. The fourth-order valence-corrected chi connectivity index (χ4v) is 4.26. The summed E-state index contributed by atoms with van der Waals surface area (Å²) in [5.74, 6) is 1.19. The molecule has 0 bridgehead atoms. The number of nitrogens with zero attached hydrogens (tertiary/aromatic N) is 1. The van der Waals surface area contributed by atoms with Gasteiger partial charge in [-0.3, -0.25) is 9.59 Å². The molecule has 3 rings (SSSR count). The molecule has 206 valence electrons. The highest BCUT2D eigenvalue weighted by Gasteiger charge is 2.38. The molecule has 0 spiro atoms. The van der Waals surface area contributed by atoms with E-state index < -0.39 is 5.60 Å². The number of carbonyl (C=O) groups excluding carboxylic acids is 2. The van der Waals surface area contributed by atoms with E-state index in [0.29, 0.717) is 19.4 Å². The summed E-state index contributed by atoms with van der Waals surface area (Å²) in [7, 11) is 6.41. The van der Waals surface area contributed by atoms with Gasteiger partial charge < -0.3 is 29.2 Å². The number of benzene rings is 3. The third kappa shape index (κ3) is 7.46. The average molecular weight is 533 g/mol. The minimum Gasteiger partial charge on any atom is -0.497 e. The van der Waals surface area contributed by atoms with Gasteiger partial charge in [0.05, 0.1) is 26.9 Å². The summed E-state index contributed by atoms with van der Waals surface area (Å²) in [6.07, 6.45) is 3.59. The van der Waals surface area contributed by atoms with Crippen molar-refractivity contribution in [3.8, 4) is 11.5 Å². The van der Waals surface area contributed by atoms with Crippen molar-refractivity contribution < 1.29 is 28.5 Å². The van der Waals surface area contributed by atoms with Gasteiger partial charge in [0.1, 0.15) is 17.1 Å². The number of carbonyl (C=O) groups is 2. The van der Waals surface area contributed by atoms with E-state index in [1.54, 1.807) is 21.3 Å². The fourth-order valence-electron chi connectivity index (χ4n) is 4.26. The van der Waals surface area contributed by atoms with Crippen LogP contribution in [0, 0.1) is 0 Å². The van der Waals surface area contributed by atoms with Gasteiger partial charge in [-0.05, 0) is 47.4 Å². The van der Waals surface area contributed by atoms with Crippen molar-refractivity contribution in [2.45, 2.75) is 18.1 Å². The second-order valence-corrected chi connectivity index (χ2v) is 8.73. The molecule has 0 heterocycles. The van der Waals surface area contributed by atoms with Crippen molar-refractivity contribution in [3.05, 3.63) is 108 Å². The van der Waals surface area contributed by atoms with Crippen molar-refractivity contribution in [3.63, 3.8) is 0 Å². The molecule has 3 aromatic rings. The predicted octanol–water partition coefficient (Wildman–Crippen LogP) is 4.14. The summed E-state index contributed by atoms with van der Waals surface area (Å²) in [4.78, 5) is 24.5. The molecule has 39 heavy (non-hydrogen) atoms. The van der Waals surface area contributed by atoms with Crippen LogP contribution in [0.4, 0.5) is 0 Å². The van der Waals surface area contributed by atoms with E-state index >= 15 is 0 Å². The third-order valence-electron chi connectivity index (χ3n) is 6.50. The predicted molar refractivity (Wildman–Crippen MR) is 150 cm³/mol. The van der Waals surface area contributed by atoms with E-state index in [4.69, 9.17) is 18.9 Å². The standard InChI is InChI=1S/C31H36N2O6/c1-32-30(35)19-21-33(23-34)20-18-29(38-4)22-39-31(24-8-6-5-7-9-24,25-10-14-27(36-2)15-11-25)26-12-16-28(37-3)17-13-26/h5-17,19,21,23,29H,18,20,22H2,1-4H3,(H,32,35)/b21-19-. The van der Waals surface area contributed by atoms with Crippen molar-refractivity contribution in [1.82, 2.24) is 10.2 Å². The molecule has 1 N–H and O–H groups in total. The first-order valence-electron chi connectivity index (χ1n) is 12.6. The van der Waals surface area contributed by atoms with Gasteiger partial charge in [0.25, 0.3) is 0 Å². The Kier molecular flexibility index (Phi) is 11.1. The van der Waals surface area contributed by atoms with Crippen LogP contribution < -0.4 is 14.8 Å². The van der Waals surface area contributed by atoms with Crippen LogP contribution >= 0.6 is 0 Å². The molecular weight excluding hydrogens is 496 g/mol. The van der Waals surface area contributed by atoms with Crippen LogP contribution in [-0.2, 0) is 24.7 Å². The van der Waals surface area contributed by atoms with Crippen LogP contribution in [0.15, 0.2) is 91.1 Å². The Labute approximate surface area is 230 Å². The molecule has 3 aromatic carbocycles. The quantitative estimate of drug-likeness (QED) is 0.180. The van der Waals surface area contributed by atoms with Gasteiger partial charge in [-0.25, -0.2) is 0 Å². The smallest absolute Gasteiger partial charge is 0.245 e. The first kappa shape index (κ1) is 29.4. The van der Waals surface area contributed by atoms with Crippen molar-refractivity contribution >= 4 is 12.3 Å². The zero-order valence-electron chi connectivity index (χ0n) is 22.8. The molecule has 0 saturated carbocycles. The van der Waals surface area contributed by atoms with E-state index in [0.717, 1.165) is 28.2 Å². The maximum absolute atomic E-state index is 11.5. The number of likely N-dealkylation sites (N-methyl/N-ethyl adjacent to an activating group) is 1. The van der Waals surface area contributed by atoms with Crippen LogP contribution in [0.5, 0.6) is 11.5 Å². The van der Waals surface area contributed by atoms with Crippen LogP contribution in [-0.4, -0.2) is 64.8 Å². The molecule has 0 aromatic heterocycles. The Morgan fingerprint density at radius 3 is 1.87 bits per heavy atom. The molecule has 0 aliphatic rings. The van der Waals surface area contributed by atoms with Gasteiger partial charge in [-0.2, -0.15) is 0 Å². The molecule has 0 saturated heterocycles. The number of ether oxygens (including phenoxy) is 4. The number of nitrogens with one attached hydrogen (secondary N) is 1. The normalized spacial score (nSPS) is 12.1. The largest absolute Gasteiger partial charge is 0.497 e. The molecule has 0 aliphatic carbocycles. The van der Waals surface area contributed by atoms with Gasteiger partial charge in [0.15, 0.2) is 0 Å². The van der Waals surface area contributed by atoms with E-state index in [1.165, 1.54) is 24.2 Å². The Morgan fingerprint density at radius 1 is 0.872 bits per heavy atom. The fraction of sp³-hybridized carbons (Fsp3) is 0.290. The molecule has 8 heteroatoms. The zero-order chi connectivity index (χ0) is 28.1. The highest BCUT2D eigenvalue weighted by atomic mass is 16.5. The molecule has 0 radical (unpaired) electrons. The summed E-state index contributed by atoms with van der Waals surface area (Å²) in [6.45, 7) is 0.581. The van der Waals surface area contributed by atoms with Crippen LogP contribution in [0.25, 0.3) is 0 Å². The van der Waals surface area contributed by atoms with Gasteiger partial charge in [-0.1, -0.05) is 54.6 Å². The monoisotopic (exact) mass is 532 g/mol. The number of rotatable bonds is 15. The summed E-state index contributed by atoms with van der Waals surface area (Å²) in [5.41, 5.74) is 1.80. The van der Waals surface area contributed by atoms with Gasteiger partial charge in [0, 0.05) is 33.0 Å². The van der Waals surface area contributed by atoms with Crippen LogP contribution in [0.3, 0.4) is 0 Å². The second kappa shape index (κ2) is 14.7. The van der Waals surface area contributed by atoms with Crippen LogP contribution in [0.1, 0.15) is 23.1 Å². The van der Waals surface area contributed by atoms with Crippen molar-refractivity contribution in [2.75, 3.05) is 41.5 Å². The number of methoxy groups -OCH3 is 3. The number of hydrogen-bond donors (Lipinski definition) is 1. The maximum atomic E-state index is 11.5. The van der Waals surface area contributed by atoms with Gasteiger partial charge >= 0.3 is 0 Å². The lowest BCUT2D eigenvalue weighted by atomic mass is 9.80. The van der Waals surface area contributed by atoms with Crippen LogP contribution in [0.2, 0.25) is 0 Å². The highest BCUT2D eigenvalue weighted by Crippen LogP contribution is 2.41. The first-order chi connectivity index (χ1) is 19.0. The van der Waals surface area contributed by atoms with E-state index in [2.05, 4.69) is 5.32 Å².